The van der Waals surface area contributed by atoms with Crippen LogP contribution in [0, 0.1) is 5.41 Å². The molecule has 2 heterocycles. The maximum Gasteiger partial charge on any atom is 0.242 e. The van der Waals surface area contributed by atoms with Crippen LogP contribution in [-0.4, -0.2) is 84.3 Å². The highest BCUT2D eigenvalue weighted by atomic mass is 16.2. The molecule has 1 atom stereocenters. The first kappa shape index (κ1) is 20.7. The number of amides is 3. The predicted octanol–water partition coefficient (Wildman–Crippen LogP) is 0.694. The molecule has 0 aliphatic carbocycles. The summed E-state index contributed by atoms with van der Waals surface area (Å²) in [5.74, 6) is 0.0263. The second-order valence-electron chi connectivity index (χ2n) is 8.52. The fraction of sp³-hybridized carbons (Fsp3) is 0.842. The number of piperazine rings is 1. The van der Waals surface area contributed by atoms with Gasteiger partial charge >= 0.3 is 0 Å². The van der Waals surface area contributed by atoms with Gasteiger partial charge in [-0.1, -0.05) is 20.8 Å². The number of rotatable bonds is 4. The van der Waals surface area contributed by atoms with E-state index in [0.717, 1.165) is 19.4 Å². The molecule has 2 saturated heterocycles. The Morgan fingerprint density at radius 2 is 1.62 bits per heavy atom. The maximum atomic E-state index is 12.5. The Labute approximate surface area is 157 Å². The van der Waals surface area contributed by atoms with Gasteiger partial charge in [0.2, 0.25) is 17.7 Å². The van der Waals surface area contributed by atoms with E-state index in [2.05, 4.69) is 17.1 Å². The molecule has 0 aromatic rings. The second-order valence-corrected chi connectivity index (χ2v) is 8.52. The second kappa shape index (κ2) is 8.84. The standard InChI is InChI=1S/C19H34N4O3/c1-15-7-5-6-8-23(15)17(25)14-21-9-11-22(12-10-21)16(24)13-20-18(26)19(2,3)4/h15H,5-14H2,1-4H3,(H,20,26). The van der Waals surface area contributed by atoms with Gasteiger partial charge in [0.15, 0.2) is 0 Å². The van der Waals surface area contributed by atoms with E-state index in [1.807, 2.05) is 25.7 Å². The van der Waals surface area contributed by atoms with E-state index in [4.69, 9.17) is 0 Å². The molecule has 0 radical (unpaired) electrons. The zero-order valence-corrected chi connectivity index (χ0v) is 16.7. The van der Waals surface area contributed by atoms with E-state index in [9.17, 15) is 14.4 Å². The number of hydrogen-bond acceptors (Lipinski definition) is 4. The largest absolute Gasteiger partial charge is 0.347 e. The van der Waals surface area contributed by atoms with E-state index in [0.29, 0.717) is 38.8 Å². The van der Waals surface area contributed by atoms with Gasteiger partial charge in [-0.05, 0) is 26.2 Å². The summed E-state index contributed by atoms with van der Waals surface area (Å²) < 4.78 is 0. The number of piperidine rings is 1. The molecule has 1 N–H and O–H groups in total. The molecular formula is C19H34N4O3. The van der Waals surface area contributed by atoms with Crippen LogP contribution in [0.2, 0.25) is 0 Å². The number of nitrogens with one attached hydrogen (secondary N) is 1. The van der Waals surface area contributed by atoms with Crippen LogP contribution in [0.25, 0.3) is 0 Å². The maximum absolute atomic E-state index is 12.5. The Kier molecular flexibility index (Phi) is 7.03. The monoisotopic (exact) mass is 366 g/mol. The van der Waals surface area contributed by atoms with E-state index < -0.39 is 5.41 Å². The number of carbonyl (C=O) groups excluding carboxylic acids is 3. The van der Waals surface area contributed by atoms with Crippen LogP contribution in [-0.2, 0) is 14.4 Å². The summed E-state index contributed by atoms with van der Waals surface area (Å²) in [6, 6.07) is 0.338. The van der Waals surface area contributed by atoms with Crippen molar-refractivity contribution in [2.45, 2.75) is 53.0 Å². The van der Waals surface area contributed by atoms with Crippen LogP contribution >= 0.6 is 0 Å². The number of carbonyl (C=O) groups is 3. The van der Waals surface area contributed by atoms with E-state index in [-0.39, 0.29) is 24.3 Å². The molecule has 0 spiro atoms. The summed E-state index contributed by atoms with van der Waals surface area (Å²) in [6.07, 6.45) is 3.39. The molecule has 0 aromatic carbocycles. The van der Waals surface area contributed by atoms with Gasteiger partial charge in [-0.3, -0.25) is 19.3 Å². The van der Waals surface area contributed by atoms with Crippen LogP contribution < -0.4 is 5.32 Å². The summed E-state index contributed by atoms with van der Waals surface area (Å²) >= 11 is 0. The average molecular weight is 367 g/mol. The molecule has 148 valence electrons. The molecule has 2 fully saturated rings. The Hall–Kier alpha value is -1.63. The van der Waals surface area contributed by atoms with E-state index in [1.54, 1.807) is 4.90 Å². The van der Waals surface area contributed by atoms with Gasteiger partial charge < -0.3 is 15.1 Å². The minimum atomic E-state index is -0.495. The van der Waals surface area contributed by atoms with Crippen molar-refractivity contribution in [2.24, 2.45) is 5.41 Å². The third-order valence-corrected chi connectivity index (χ3v) is 5.29. The molecule has 2 rings (SSSR count). The van der Waals surface area contributed by atoms with Gasteiger partial charge in [0.05, 0.1) is 13.1 Å². The van der Waals surface area contributed by atoms with E-state index >= 15 is 0 Å². The Balaban J connectivity index is 1.72. The number of likely N-dealkylation sites (tertiary alicyclic amines) is 1. The third-order valence-electron chi connectivity index (χ3n) is 5.29. The van der Waals surface area contributed by atoms with Gasteiger partial charge in [-0.2, -0.15) is 0 Å². The van der Waals surface area contributed by atoms with Crippen molar-refractivity contribution in [2.75, 3.05) is 45.8 Å². The third kappa shape index (κ3) is 5.69. The van der Waals surface area contributed by atoms with Crippen molar-refractivity contribution in [3.05, 3.63) is 0 Å². The molecule has 0 saturated carbocycles. The lowest BCUT2D eigenvalue weighted by atomic mass is 9.96. The van der Waals surface area contributed by atoms with Gasteiger partial charge in [0, 0.05) is 44.2 Å². The van der Waals surface area contributed by atoms with Crippen molar-refractivity contribution in [1.29, 1.82) is 0 Å². The molecule has 0 aromatic heterocycles. The van der Waals surface area contributed by atoms with E-state index in [1.165, 1.54) is 6.42 Å². The Morgan fingerprint density at radius 3 is 2.19 bits per heavy atom. The molecule has 2 aliphatic rings. The van der Waals surface area contributed by atoms with Crippen LogP contribution in [0.1, 0.15) is 47.0 Å². The summed E-state index contributed by atoms with van der Waals surface area (Å²) in [7, 11) is 0. The normalized spacial score (nSPS) is 22.2. The Morgan fingerprint density at radius 1 is 0.962 bits per heavy atom. The minimum Gasteiger partial charge on any atom is -0.347 e. The molecule has 7 heteroatoms. The highest BCUT2D eigenvalue weighted by Crippen LogP contribution is 2.17. The molecule has 3 amide bonds. The minimum absolute atomic E-state index is 0.0420. The predicted molar refractivity (Wildman–Crippen MR) is 101 cm³/mol. The summed E-state index contributed by atoms with van der Waals surface area (Å²) in [4.78, 5) is 42.6. The molecule has 7 nitrogen and oxygen atoms in total. The highest BCUT2D eigenvalue weighted by molar-refractivity contribution is 5.87. The lowest BCUT2D eigenvalue weighted by Gasteiger charge is -2.38. The van der Waals surface area contributed by atoms with Crippen LogP contribution in [0.15, 0.2) is 0 Å². The molecule has 0 bridgehead atoms. The number of hydrogen-bond donors (Lipinski definition) is 1. The fourth-order valence-electron chi connectivity index (χ4n) is 3.44. The topological polar surface area (TPSA) is 73.0 Å². The van der Waals surface area contributed by atoms with Crippen molar-refractivity contribution < 1.29 is 14.4 Å². The number of nitrogens with zero attached hydrogens (tertiary/aromatic N) is 3. The zero-order chi connectivity index (χ0) is 19.3. The quantitative estimate of drug-likeness (QED) is 0.795. The first-order chi connectivity index (χ1) is 12.2. The van der Waals surface area contributed by atoms with Crippen molar-refractivity contribution in [3.63, 3.8) is 0 Å². The SMILES string of the molecule is CC1CCCCN1C(=O)CN1CCN(C(=O)CNC(=O)C(C)(C)C)CC1. The lowest BCUT2D eigenvalue weighted by Crippen LogP contribution is -2.54. The molecule has 26 heavy (non-hydrogen) atoms. The van der Waals surface area contributed by atoms with Gasteiger partial charge in [-0.25, -0.2) is 0 Å². The van der Waals surface area contributed by atoms with Gasteiger partial charge in [0.1, 0.15) is 0 Å². The first-order valence-electron chi connectivity index (χ1n) is 9.76. The summed E-state index contributed by atoms with van der Waals surface area (Å²) in [5, 5.41) is 2.71. The van der Waals surface area contributed by atoms with Crippen LogP contribution in [0.4, 0.5) is 0 Å². The zero-order valence-electron chi connectivity index (χ0n) is 16.7. The molecule has 1 unspecified atom stereocenters. The Bertz CT molecular complexity index is 521. The van der Waals surface area contributed by atoms with Gasteiger partial charge in [-0.15, -0.1) is 0 Å². The molecular weight excluding hydrogens is 332 g/mol. The lowest BCUT2D eigenvalue weighted by molar-refractivity contribution is -0.138. The van der Waals surface area contributed by atoms with Crippen molar-refractivity contribution >= 4 is 17.7 Å². The van der Waals surface area contributed by atoms with Crippen LogP contribution in [0.3, 0.4) is 0 Å². The molecule has 2 aliphatic heterocycles. The average Bonchev–Trinajstić information content (AvgIpc) is 2.59. The van der Waals surface area contributed by atoms with Gasteiger partial charge in [0.25, 0.3) is 0 Å². The fourth-order valence-corrected chi connectivity index (χ4v) is 3.44. The summed E-state index contributed by atoms with van der Waals surface area (Å²) in [6.45, 7) is 11.6. The smallest absolute Gasteiger partial charge is 0.242 e. The van der Waals surface area contributed by atoms with Crippen molar-refractivity contribution in [3.8, 4) is 0 Å². The highest BCUT2D eigenvalue weighted by Gasteiger charge is 2.28. The summed E-state index contributed by atoms with van der Waals surface area (Å²) in [5.41, 5.74) is -0.495. The van der Waals surface area contributed by atoms with Crippen LogP contribution in [0.5, 0.6) is 0 Å². The van der Waals surface area contributed by atoms with Crippen molar-refractivity contribution in [1.82, 2.24) is 20.0 Å². The first-order valence-corrected chi connectivity index (χ1v) is 9.76.